The lowest BCUT2D eigenvalue weighted by Gasteiger charge is -2.20. The Balaban J connectivity index is 2.75. The van der Waals surface area contributed by atoms with E-state index < -0.39 is 12.0 Å². The Kier molecular flexibility index (Phi) is 6.56. The number of hydrogen-bond acceptors (Lipinski definition) is 4. The van der Waals surface area contributed by atoms with E-state index in [1.807, 2.05) is 13.8 Å². The van der Waals surface area contributed by atoms with E-state index in [1.54, 1.807) is 31.2 Å². The predicted octanol–water partition coefficient (Wildman–Crippen LogP) is 1.96. The van der Waals surface area contributed by atoms with Crippen LogP contribution in [-0.4, -0.2) is 30.4 Å². The summed E-state index contributed by atoms with van der Waals surface area (Å²) in [5, 5.41) is 5.34. The van der Waals surface area contributed by atoms with Crippen molar-refractivity contribution in [3.8, 4) is 0 Å². The van der Waals surface area contributed by atoms with Crippen LogP contribution in [0, 0.1) is 5.92 Å². The fraction of sp³-hybridized carbons (Fsp3) is 0.438. The molecule has 2 N–H and O–H groups in total. The molecule has 0 aliphatic heterocycles. The summed E-state index contributed by atoms with van der Waals surface area (Å²) in [7, 11) is 0. The zero-order chi connectivity index (χ0) is 16.7. The molecule has 2 amide bonds. The van der Waals surface area contributed by atoms with Crippen molar-refractivity contribution in [1.29, 1.82) is 0 Å². The summed E-state index contributed by atoms with van der Waals surface area (Å²) in [6.07, 6.45) is 0. The van der Waals surface area contributed by atoms with Crippen molar-refractivity contribution in [3.63, 3.8) is 0 Å². The highest BCUT2D eigenvalue weighted by atomic mass is 16.5. The average Bonchev–Trinajstić information content (AvgIpc) is 2.45. The lowest BCUT2D eigenvalue weighted by molar-refractivity contribution is -0.126. The molecule has 0 saturated heterocycles. The number of anilines is 1. The summed E-state index contributed by atoms with van der Waals surface area (Å²) < 4.78 is 4.89. The van der Waals surface area contributed by atoms with Crippen LogP contribution in [0.25, 0.3) is 0 Å². The Morgan fingerprint density at radius 1 is 1.14 bits per heavy atom. The van der Waals surface area contributed by atoms with Gasteiger partial charge in [-0.15, -0.1) is 0 Å². The maximum atomic E-state index is 12.2. The molecule has 0 aliphatic carbocycles. The second kappa shape index (κ2) is 8.17. The largest absolute Gasteiger partial charge is 0.462 e. The molecule has 1 atom stereocenters. The third-order valence-electron chi connectivity index (χ3n) is 2.97. The van der Waals surface area contributed by atoms with Crippen molar-refractivity contribution in [3.05, 3.63) is 29.8 Å². The van der Waals surface area contributed by atoms with Crippen LogP contribution in [0.1, 0.15) is 38.1 Å². The van der Waals surface area contributed by atoms with Crippen molar-refractivity contribution < 1.29 is 19.1 Å². The second-order valence-corrected chi connectivity index (χ2v) is 5.21. The van der Waals surface area contributed by atoms with E-state index in [4.69, 9.17) is 4.74 Å². The lowest BCUT2D eigenvalue weighted by Crippen LogP contribution is -2.46. The van der Waals surface area contributed by atoms with Gasteiger partial charge in [0.2, 0.25) is 11.8 Å². The number of esters is 1. The highest BCUT2D eigenvalue weighted by molar-refractivity contribution is 5.97. The third kappa shape index (κ3) is 5.20. The number of carbonyl (C=O) groups excluding carboxylic acids is 3. The molecular formula is C16H22N2O4. The van der Waals surface area contributed by atoms with Crippen LogP contribution in [0.5, 0.6) is 0 Å². The number of amides is 2. The van der Waals surface area contributed by atoms with Gasteiger partial charge in [0, 0.05) is 12.6 Å². The van der Waals surface area contributed by atoms with Gasteiger partial charge in [0.05, 0.1) is 12.2 Å². The van der Waals surface area contributed by atoms with E-state index >= 15 is 0 Å². The Morgan fingerprint density at radius 2 is 1.73 bits per heavy atom. The van der Waals surface area contributed by atoms with Gasteiger partial charge in [-0.05, 0) is 37.1 Å². The Morgan fingerprint density at radius 3 is 2.18 bits per heavy atom. The van der Waals surface area contributed by atoms with Crippen molar-refractivity contribution >= 4 is 23.5 Å². The zero-order valence-corrected chi connectivity index (χ0v) is 13.3. The number of nitrogens with one attached hydrogen (secondary N) is 2. The van der Waals surface area contributed by atoms with E-state index in [0.29, 0.717) is 17.9 Å². The molecule has 0 unspecified atom stereocenters. The molecule has 0 radical (unpaired) electrons. The molecule has 6 nitrogen and oxygen atoms in total. The SMILES string of the molecule is CCOC(=O)c1ccc(NC(=O)[C@H](NC(C)=O)C(C)C)cc1. The van der Waals surface area contributed by atoms with Crippen molar-refractivity contribution in [2.24, 2.45) is 5.92 Å². The Labute approximate surface area is 130 Å². The molecule has 0 fully saturated rings. The summed E-state index contributed by atoms with van der Waals surface area (Å²) in [6, 6.07) is 5.79. The molecule has 0 aliphatic rings. The van der Waals surface area contributed by atoms with Gasteiger partial charge >= 0.3 is 5.97 Å². The molecule has 0 saturated carbocycles. The number of benzene rings is 1. The second-order valence-electron chi connectivity index (χ2n) is 5.21. The van der Waals surface area contributed by atoms with Crippen LogP contribution in [-0.2, 0) is 14.3 Å². The number of hydrogen-bond donors (Lipinski definition) is 2. The zero-order valence-electron chi connectivity index (χ0n) is 13.3. The fourth-order valence-electron chi connectivity index (χ4n) is 1.88. The maximum absolute atomic E-state index is 12.2. The first kappa shape index (κ1) is 17.7. The molecule has 1 aromatic rings. The van der Waals surface area contributed by atoms with Gasteiger partial charge in [-0.1, -0.05) is 13.8 Å². The predicted molar refractivity (Wildman–Crippen MR) is 83.5 cm³/mol. The Hall–Kier alpha value is -2.37. The molecule has 1 rings (SSSR count). The minimum atomic E-state index is -0.609. The van der Waals surface area contributed by atoms with Crippen molar-refractivity contribution in [2.45, 2.75) is 33.7 Å². The standard InChI is InChI=1S/C16H22N2O4/c1-5-22-16(21)12-6-8-13(9-7-12)18-15(20)14(10(2)3)17-11(4)19/h6-10,14H,5H2,1-4H3,(H,17,19)(H,18,20)/t14-/m1/s1. The van der Waals surface area contributed by atoms with Crippen LogP contribution in [0.3, 0.4) is 0 Å². The topological polar surface area (TPSA) is 84.5 Å². The molecule has 22 heavy (non-hydrogen) atoms. The maximum Gasteiger partial charge on any atom is 0.338 e. The van der Waals surface area contributed by atoms with E-state index in [0.717, 1.165) is 0 Å². The Bertz CT molecular complexity index is 538. The first-order valence-electron chi connectivity index (χ1n) is 7.20. The average molecular weight is 306 g/mol. The van der Waals surface area contributed by atoms with Gasteiger partial charge in [0.1, 0.15) is 6.04 Å². The minimum absolute atomic E-state index is 0.0392. The van der Waals surface area contributed by atoms with Gasteiger partial charge in [0.25, 0.3) is 0 Å². The van der Waals surface area contributed by atoms with Gasteiger partial charge in [0.15, 0.2) is 0 Å². The molecule has 0 heterocycles. The fourth-order valence-corrected chi connectivity index (χ4v) is 1.88. The van der Waals surface area contributed by atoms with Crippen molar-refractivity contribution in [1.82, 2.24) is 5.32 Å². The van der Waals surface area contributed by atoms with Gasteiger partial charge < -0.3 is 15.4 Å². The molecule has 120 valence electrons. The van der Waals surface area contributed by atoms with Gasteiger partial charge in [-0.2, -0.15) is 0 Å². The van der Waals surface area contributed by atoms with Crippen LogP contribution < -0.4 is 10.6 Å². The van der Waals surface area contributed by atoms with E-state index in [1.165, 1.54) is 6.92 Å². The van der Waals surface area contributed by atoms with Crippen LogP contribution in [0.15, 0.2) is 24.3 Å². The van der Waals surface area contributed by atoms with Crippen LogP contribution in [0.4, 0.5) is 5.69 Å². The number of rotatable bonds is 6. The first-order valence-corrected chi connectivity index (χ1v) is 7.20. The quantitative estimate of drug-likeness (QED) is 0.787. The van der Waals surface area contributed by atoms with Gasteiger partial charge in [-0.25, -0.2) is 4.79 Å². The summed E-state index contributed by atoms with van der Waals surface area (Å²) in [4.78, 5) is 34.9. The minimum Gasteiger partial charge on any atom is -0.462 e. The van der Waals surface area contributed by atoms with Crippen LogP contribution in [0.2, 0.25) is 0 Å². The van der Waals surface area contributed by atoms with E-state index in [9.17, 15) is 14.4 Å². The number of ether oxygens (including phenoxy) is 1. The molecule has 0 spiro atoms. The van der Waals surface area contributed by atoms with Crippen LogP contribution >= 0.6 is 0 Å². The summed E-state index contributed by atoms with van der Waals surface area (Å²) in [5.41, 5.74) is 0.969. The first-order chi connectivity index (χ1) is 10.3. The molecule has 6 heteroatoms. The molecule has 0 bridgehead atoms. The smallest absolute Gasteiger partial charge is 0.338 e. The molecular weight excluding hydrogens is 284 g/mol. The lowest BCUT2D eigenvalue weighted by atomic mass is 10.0. The summed E-state index contributed by atoms with van der Waals surface area (Å²) in [5.74, 6) is -0.998. The van der Waals surface area contributed by atoms with Gasteiger partial charge in [-0.3, -0.25) is 9.59 Å². The summed E-state index contributed by atoms with van der Waals surface area (Å²) >= 11 is 0. The van der Waals surface area contributed by atoms with E-state index in [2.05, 4.69) is 10.6 Å². The highest BCUT2D eigenvalue weighted by Gasteiger charge is 2.23. The monoisotopic (exact) mass is 306 g/mol. The number of carbonyl (C=O) groups is 3. The van der Waals surface area contributed by atoms with Crippen molar-refractivity contribution in [2.75, 3.05) is 11.9 Å². The summed E-state index contributed by atoms with van der Waals surface area (Å²) in [6.45, 7) is 7.12. The molecule has 1 aromatic carbocycles. The van der Waals surface area contributed by atoms with E-state index in [-0.39, 0.29) is 17.7 Å². The normalized spacial score (nSPS) is 11.7. The highest BCUT2D eigenvalue weighted by Crippen LogP contribution is 2.12. The molecule has 0 aromatic heterocycles. The third-order valence-corrected chi connectivity index (χ3v) is 2.97.